The molecule has 2 aliphatic rings. The molecule has 0 aliphatic carbocycles. The van der Waals surface area contributed by atoms with Gasteiger partial charge < -0.3 is 14.9 Å². The minimum absolute atomic E-state index is 0.0112. The largest absolute Gasteiger partial charge is 0.508 e. The highest BCUT2D eigenvalue weighted by Crippen LogP contribution is 2.43. The van der Waals surface area contributed by atoms with E-state index in [1.807, 2.05) is 23.6 Å². The Bertz CT molecular complexity index is 1010. The van der Waals surface area contributed by atoms with Crippen molar-refractivity contribution in [3.8, 4) is 5.75 Å². The maximum Gasteiger partial charge on any atom is 0.227 e. The number of likely N-dealkylation sites (tertiary alicyclic amines) is 2. The van der Waals surface area contributed by atoms with Gasteiger partial charge in [0.05, 0.1) is 18.5 Å². The van der Waals surface area contributed by atoms with Crippen LogP contribution in [0.5, 0.6) is 5.75 Å². The van der Waals surface area contributed by atoms with Crippen molar-refractivity contribution >= 4 is 11.8 Å². The summed E-state index contributed by atoms with van der Waals surface area (Å²) in [4.78, 5) is 30.7. The molecule has 2 amide bonds. The van der Waals surface area contributed by atoms with E-state index in [-0.39, 0.29) is 47.8 Å². The summed E-state index contributed by atoms with van der Waals surface area (Å²) in [5.41, 5.74) is 1.33. The van der Waals surface area contributed by atoms with Crippen LogP contribution in [0.15, 0.2) is 48.5 Å². The summed E-state index contributed by atoms with van der Waals surface area (Å²) in [5.74, 6) is -0.0335. The predicted octanol–water partition coefficient (Wildman–Crippen LogP) is 4.32. The summed E-state index contributed by atoms with van der Waals surface area (Å²) in [6.07, 6.45) is 3.28. The molecule has 33 heavy (non-hydrogen) atoms. The number of hydrogen-bond acceptors (Lipinski definition) is 3. The van der Waals surface area contributed by atoms with Gasteiger partial charge in [0.15, 0.2) is 0 Å². The fourth-order valence-electron chi connectivity index (χ4n) is 5.70. The van der Waals surface area contributed by atoms with Crippen LogP contribution in [0.4, 0.5) is 4.39 Å². The number of amides is 2. The van der Waals surface area contributed by atoms with Gasteiger partial charge in [-0.15, -0.1) is 0 Å². The van der Waals surface area contributed by atoms with Crippen LogP contribution in [0, 0.1) is 11.7 Å². The third kappa shape index (κ3) is 4.75. The Balaban J connectivity index is 1.66. The first-order chi connectivity index (χ1) is 15.7. The average molecular weight is 453 g/mol. The van der Waals surface area contributed by atoms with E-state index in [9.17, 15) is 19.1 Å². The van der Waals surface area contributed by atoms with Crippen molar-refractivity contribution in [1.29, 1.82) is 0 Å². The number of carbonyl (C=O) groups is 2. The lowest BCUT2D eigenvalue weighted by Gasteiger charge is -2.42. The summed E-state index contributed by atoms with van der Waals surface area (Å²) in [7, 11) is 0. The fraction of sp³-hybridized carbons (Fsp3) is 0.481. The van der Waals surface area contributed by atoms with E-state index in [0.717, 1.165) is 30.5 Å². The standard InChI is InChI=1S/C27H33FN2O3/c1-18(2)26(33)29-14-4-5-23-24(29)17-27(3,16-20-6-10-21(28)11-7-20)30(23)25(32)15-19-8-12-22(31)13-9-19/h6-13,18,23-24,31H,4-5,14-17H2,1-3H3/t23-,24-,27+/m0/s1. The van der Waals surface area contributed by atoms with Crippen LogP contribution in [0.25, 0.3) is 0 Å². The van der Waals surface area contributed by atoms with Crippen LogP contribution in [-0.4, -0.2) is 50.9 Å². The van der Waals surface area contributed by atoms with Crippen LogP contribution in [-0.2, 0) is 22.4 Å². The van der Waals surface area contributed by atoms with E-state index < -0.39 is 5.54 Å². The monoisotopic (exact) mass is 452 g/mol. The van der Waals surface area contributed by atoms with Crippen molar-refractivity contribution in [2.45, 2.75) is 70.5 Å². The van der Waals surface area contributed by atoms with Gasteiger partial charge in [-0.2, -0.15) is 0 Å². The number of rotatable bonds is 5. The molecule has 176 valence electrons. The molecule has 0 aromatic heterocycles. The lowest BCUT2D eigenvalue weighted by Crippen LogP contribution is -2.55. The SMILES string of the molecule is CC(C)C(=O)N1CCC[C@H]2[C@@H]1C[C@@](C)(Cc1ccc(F)cc1)N2C(=O)Cc1ccc(O)cc1. The Morgan fingerprint density at radius 1 is 1.06 bits per heavy atom. The highest BCUT2D eigenvalue weighted by molar-refractivity contribution is 5.82. The lowest BCUT2D eigenvalue weighted by atomic mass is 9.87. The van der Waals surface area contributed by atoms with Crippen molar-refractivity contribution in [3.05, 3.63) is 65.5 Å². The quantitative estimate of drug-likeness (QED) is 0.735. The summed E-state index contributed by atoms with van der Waals surface area (Å²) in [6.45, 7) is 6.67. The van der Waals surface area contributed by atoms with E-state index in [1.54, 1.807) is 36.4 Å². The first kappa shape index (κ1) is 23.3. The smallest absolute Gasteiger partial charge is 0.227 e. The normalized spacial score (nSPS) is 24.8. The molecule has 0 saturated carbocycles. The zero-order valence-corrected chi connectivity index (χ0v) is 19.6. The van der Waals surface area contributed by atoms with Crippen LogP contribution < -0.4 is 0 Å². The number of phenols is 1. The third-order valence-corrected chi connectivity index (χ3v) is 7.14. The first-order valence-corrected chi connectivity index (χ1v) is 11.8. The maximum absolute atomic E-state index is 13.7. The molecule has 0 unspecified atom stereocenters. The molecule has 6 heteroatoms. The topological polar surface area (TPSA) is 60.9 Å². The van der Waals surface area contributed by atoms with Gasteiger partial charge >= 0.3 is 0 Å². The van der Waals surface area contributed by atoms with Gasteiger partial charge in [0.25, 0.3) is 0 Å². The minimum atomic E-state index is -0.485. The molecule has 0 radical (unpaired) electrons. The molecule has 2 aromatic carbocycles. The molecule has 0 bridgehead atoms. The summed E-state index contributed by atoms with van der Waals surface area (Å²) in [6, 6.07) is 13.2. The third-order valence-electron chi connectivity index (χ3n) is 7.14. The number of hydrogen-bond donors (Lipinski definition) is 1. The van der Waals surface area contributed by atoms with Crippen molar-refractivity contribution in [2.75, 3.05) is 6.54 Å². The second kappa shape index (κ2) is 9.16. The Kier molecular flexibility index (Phi) is 6.46. The number of nitrogens with zero attached hydrogens (tertiary/aromatic N) is 2. The highest BCUT2D eigenvalue weighted by atomic mass is 19.1. The summed E-state index contributed by atoms with van der Waals surface area (Å²) < 4.78 is 13.5. The Morgan fingerprint density at radius 3 is 2.33 bits per heavy atom. The first-order valence-electron chi connectivity index (χ1n) is 11.8. The Hall–Kier alpha value is -2.89. The van der Waals surface area contributed by atoms with Crippen molar-refractivity contribution in [3.63, 3.8) is 0 Å². The maximum atomic E-state index is 13.7. The molecular weight excluding hydrogens is 419 g/mol. The van der Waals surface area contributed by atoms with Crippen LogP contribution in [0.1, 0.15) is 51.2 Å². The molecular formula is C27H33FN2O3. The second-order valence-corrected chi connectivity index (χ2v) is 10.1. The number of phenolic OH excluding ortho intramolecular Hbond substituents is 1. The molecule has 2 fully saturated rings. The Morgan fingerprint density at radius 2 is 1.70 bits per heavy atom. The molecule has 3 atom stereocenters. The van der Waals surface area contributed by atoms with E-state index in [1.165, 1.54) is 12.1 Å². The number of halogens is 1. The van der Waals surface area contributed by atoms with Gasteiger partial charge in [-0.1, -0.05) is 38.1 Å². The van der Waals surface area contributed by atoms with Crippen molar-refractivity contribution in [2.24, 2.45) is 5.92 Å². The molecule has 2 heterocycles. The van der Waals surface area contributed by atoms with E-state index >= 15 is 0 Å². The molecule has 0 spiro atoms. The molecule has 2 aliphatic heterocycles. The highest BCUT2D eigenvalue weighted by Gasteiger charge is 2.54. The van der Waals surface area contributed by atoms with E-state index in [2.05, 4.69) is 6.92 Å². The zero-order valence-electron chi connectivity index (χ0n) is 19.6. The molecule has 5 nitrogen and oxygen atoms in total. The van der Waals surface area contributed by atoms with Gasteiger partial charge in [0.1, 0.15) is 11.6 Å². The van der Waals surface area contributed by atoms with Gasteiger partial charge in [0, 0.05) is 18.0 Å². The van der Waals surface area contributed by atoms with E-state index in [0.29, 0.717) is 12.8 Å². The lowest BCUT2D eigenvalue weighted by molar-refractivity contribution is -0.143. The molecule has 2 saturated heterocycles. The number of benzene rings is 2. The van der Waals surface area contributed by atoms with Crippen molar-refractivity contribution < 1.29 is 19.1 Å². The second-order valence-electron chi connectivity index (χ2n) is 10.1. The molecule has 4 rings (SSSR count). The van der Waals surface area contributed by atoms with Gasteiger partial charge in [-0.05, 0) is 68.0 Å². The fourth-order valence-corrected chi connectivity index (χ4v) is 5.70. The van der Waals surface area contributed by atoms with Gasteiger partial charge in [-0.3, -0.25) is 9.59 Å². The molecule has 2 aromatic rings. The number of piperidine rings is 1. The van der Waals surface area contributed by atoms with Gasteiger partial charge in [0.2, 0.25) is 11.8 Å². The number of carbonyl (C=O) groups excluding carboxylic acids is 2. The van der Waals surface area contributed by atoms with Crippen molar-refractivity contribution in [1.82, 2.24) is 9.80 Å². The zero-order chi connectivity index (χ0) is 23.8. The number of aromatic hydroxyl groups is 1. The summed E-state index contributed by atoms with van der Waals surface area (Å²) >= 11 is 0. The molecule has 1 N–H and O–H groups in total. The van der Waals surface area contributed by atoms with E-state index in [4.69, 9.17) is 0 Å². The number of fused-ring (bicyclic) bond motifs is 1. The summed E-state index contributed by atoms with van der Waals surface area (Å²) in [5, 5.41) is 9.59. The minimum Gasteiger partial charge on any atom is -0.508 e. The van der Waals surface area contributed by atoms with Crippen LogP contribution in [0.3, 0.4) is 0 Å². The van der Waals surface area contributed by atoms with Gasteiger partial charge in [-0.25, -0.2) is 4.39 Å². The Labute approximate surface area is 195 Å². The predicted molar refractivity (Wildman–Crippen MR) is 125 cm³/mol. The average Bonchev–Trinajstić information content (AvgIpc) is 3.08. The van der Waals surface area contributed by atoms with Crippen LogP contribution >= 0.6 is 0 Å². The van der Waals surface area contributed by atoms with Crippen LogP contribution in [0.2, 0.25) is 0 Å².